The summed E-state index contributed by atoms with van der Waals surface area (Å²) < 4.78 is 49.2. The Balaban J connectivity index is 2.37. The van der Waals surface area contributed by atoms with E-state index in [4.69, 9.17) is 9.47 Å². The molecule has 2 rings (SSSR count). The molecule has 1 aromatic carbocycles. The molecule has 0 fully saturated rings. The van der Waals surface area contributed by atoms with Gasteiger partial charge >= 0.3 is 6.18 Å². The highest BCUT2D eigenvalue weighted by atomic mass is 19.4. The summed E-state index contributed by atoms with van der Waals surface area (Å²) in [6, 6.07) is 4.28. The largest absolute Gasteiger partial charge is 0.491 e. The summed E-state index contributed by atoms with van der Waals surface area (Å²) in [4.78, 5) is 28.7. The van der Waals surface area contributed by atoms with Gasteiger partial charge in [0, 0.05) is 45.0 Å². The molecule has 1 aliphatic rings. The molecule has 0 aliphatic carbocycles. The maximum absolute atomic E-state index is 13.1. The predicted octanol–water partition coefficient (Wildman–Crippen LogP) is 3.79. The fourth-order valence-electron chi connectivity index (χ4n) is 3.91. The van der Waals surface area contributed by atoms with E-state index in [1.54, 1.807) is 19.1 Å². The Kier molecular flexibility index (Phi) is 9.54. The van der Waals surface area contributed by atoms with Crippen molar-refractivity contribution in [2.24, 2.45) is 5.92 Å². The van der Waals surface area contributed by atoms with Gasteiger partial charge in [-0.1, -0.05) is 13.8 Å². The third-order valence-electron chi connectivity index (χ3n) is 5.73. The molecular weight excluding hydrogens is 439 g/mol. The summed E-state index contributed by atoms with van der Waals surface area (Å²) in [5.74, 6) is -1.10. The molecule has 3 atom stereocenters. The number of nitrogens with zero attached hydrogens (tertiary/aromatic N) is 2. The molecule has 0 saturated heterocycles. The number of amides is 2. The van der Waals surface area contributed by atoms with Gasteiger partial charge in [-0.3, -0.25) is 14.5 Å². The highest BCUT2D eigenvalue weighted by Gasteiger charge is 2.32. The topological polar surface area (TPSA) is 71.1 Å². The fourth-order valence-corrected chi connectivity index (χ4v) is 3.91. The number of nitrogens with one attached hydrogen (secondary N) is 1. The molecule has 0 saturated carbocycles. The second-order valence-electron chi connectivity index (χ2n) is 8.64. The molecule has 1 aliphatic heterocycles. The van der Waals surface area contributed by atoms with Crippen LogP contribution in [0.2, 0.25) is 0 Å². The molecule has 0 unspecified atom stereocenters. The normalized spacial score (nSPS) is 23.2. The van der Waals surface area contributed by atoms with Gasteiger partial charge < -0.3 is 19.7 Å². The lowest BCUT2D eigenvalue weighted by atomic mass is 10.0. The fraction of sp³-hybridized carbons (Fsp3) is 0.652. The molecule has 1 N–H and O–H groups in total. The van der Waals surface area contributed by atoms with Gasteiger partial charge in [-0.05, 0) is 37.9 Å². The first-order valence-electron chi connectivity index (χ1n) is 11.1. The van der Waals surface area contributed by atoms with Gasteiger partial charge in [-0.15, -0.1) is 0 Å². The average molecular weight is 474 g/mol. The third kappa shape index (κ3) is 7.89. The van der Waals surface area contributed by atoms with Crippen LogP contribution in [0.3, 0.4) is 0 Å². The van der Waals surface area contributed by atoms with Crippen molar-refractivity contribution in [2.75, 3.05) is 45.7 Å². The average Bonchev–Trinajstić information content (AvgIpc) is 2.72. The Morgan fingerprint density at radius 1 is 1.27 bits per heavy atom. The van der Waals surface area contributed by atoms with Crippen molar-refractivity contribution in [3.8, 4) is 5.75 Å². The number of likely N-dealkylation sites (N-methyl/N-ethyl adjacent to an activating group) is 1. The molecule has 1 heterocycles. The maximum atomic E-state index is 13.1. The number of hydrogen-bond donors (Lipinski definition) is 1. The summed E-state index contributed by atoms with van der Waals surface area (Å²) in [6.07, 6.45) is -5.41. The van der Waals surface area contributed by atoms with E-state index >= 15 is 0 Å². The monoisotopic (exact) mass is 473 g/mol. The van der Waals surface area contributed by atoms with E-state index in [1.165, 1.54) is 18.2 Å². The van der Waals surface area contributed by atoms with Gasteiger partial charge in [0.1, 0.15) is 18.8 Å². The smallest absolute Gasteiger partial charge is 0.397 e. The summed E-state index contributed by atoms with van der Waals surface area (Å²) in [5, 5.41) is 2.23. The summed E-state index contributed by atoms with van der Waals surface area (Å²) in [6.45, 7) is 8.49. The maximum Gasteiger partial charge on any atom is 0.397 e. The molecule has 186 valence electrons. The minimum Gasteiger partial charge on any atom is -0.491 e. The van der Waals surface area contributed by atoms with Crippen LogP contribution in [0.4, 0.5) is 18.9 Å². The number of carbonyl (C=O) groups excluding carboxylic acids is 2. The van der Waals surface area contributed by atoms with Crippen LogP contribution in [-0.4, -0.2) is 80.3 Å². The molecule has 0 aromatic heterocycles. The first kappa shape index (κ1) is 26.9. The Morgan fingerprint density at radius 3 is 2.58 bits per heavy atom. The Bertz CT molecular complexity index is 819. The van der Waals surface area contributed by atoms with E-state index in [0.29, 0.717) is 6.54 Å². The molecule has 0 bridgehead atoms. The van der Waals surface area contributed by atoms with Gasteiger partial charge in [0.05, 0.1) is 11.7 Å². The lowest BCUT2D eigenvalue weighted by Gasteiger charge is -2.35. The number of anilines is 1. The molecule has 2 amide bonds. The summed E-state index contributed by atoms with van der Waals surface area (Å²) in [7, 11) is 3.30. The van der Waals surface area contributed by atoms with Crippen LogP contribution >= 0.6 is 0 Å². The number of rotatable bonds is 5. The van der Waals surface area contributed by atoms with Crippen molar-refractivity contribution in [1.29, 1.82) is 0 Å². The van der Waals surface area contributed by atoms with Crippen LogP contribution in [0.5, 0.6) is 5.75 Å². The Labute approximate surface area is 193 Å². The molecule has 33 heavy (non-hydrogen) atoms. The minimum absolute atomic E-state index is 0.0218. The van der Waals surface area contributed by atoms with Crippen LogP contribution in [-0.2, 0) is 9.53 Å². The predicted molar refractivity (Wildman–Crippen MR) is 119 cm³/mol. The van der Waals surface area contributed by atoms with Crippen LogP contribution in [0.25, 0.3) is 0 Å². The molecule has 7 nitrogen and oxygen atoms in total. The first-order valence-corrected chi connectivity index (χ1v) is 11.1. The highest BCUT2D eigenvalue weighted by Crippen LogP contribution is 2.28. The van der Waals surface area contributed by atoms with Gasteiger partial charge in [-0.2, -0.15) is 13.2 Å². The third-order valence-corrected chi connectivity index (χ3v) is 5.73. The van der Waals surface area contributed by atoms with E-state index < -0.39 is 18.5 Å². The summed E-state index contributed by atoms with van der Waals surface area (Å²) in [5.41, 5.74) is 0.399. The Hall–Kier alpha value is -2.33. The number of hydrogen-bond acceptors (Lipinski definition) is 5. The molecule has 1 aromatic rings. The Morgan fingerprint density at radius 2 is 1.97 bits per heavy atom. The molecule has 0 spiro atoms. The zero-order valence-corrected chi connectivity index (χ0v) is 19.9. The molecule has 0 radical (unpaired) electrons. The number of halogens is 3. The van der Waals surface area contributed by atoms with Crippen LogP contribution in [0.15, 0.2) is 18.2 Å². The van der Waals surface area contributed by atoms with Crippen molar-refractivity contribution in [3.63, 3.8) is 0 Å². The van der Waals surface area contributed by atoms with Gasteiger partial charge in [0.15, 0.2) is 0 Å². The highest BCUT2D eigenvalue weighted by molar-refractivity contribution is 5.98. The van der Waals surface area contributed by atoms with Crippen LogP contribution < -0.4 is 10.1 Å². The van der Waals surface area contributed by atoms with E-state index in [9.17, 15) is 22.8 Å². The van der Waals surface area contributed by atoms with Gasteiger partial charge in [-0.25, -0.2) is 0 Å². The number of alkyl halides is 3. The van der Waals surface area contributed by atoms with Crippen molar-refractivity contribution in [3.05, 3.63) is 23.8 Å². The van der Waals surface area contributed by atoms with E-state index in [2.05, 4.69) is 24.1 Å². The number of methoxy groups -OCH3 is 1. The zero-order valence-electron chi connectivity index (χ0n) is 19.9. The van der Waals surface area contributed by atoms with Gasteiger partial charge in [0.25, 0.3) is 5.91 Å². The molecular formula is C23H34F3N3O4. The molecule has 10 heteroatoms. The van der Waals surface area contributed by atoms with Gasteiger partial charge in [0.2, 0.25) is 5.91 Å². The van der Waals surface area contributed by atoms with Crippen molar-refractivity contribution in [1.82, 2.24) is 9.80 Å². The van der Waals surface area contributed by atoms with Crippen LogP contribution in [0, 0.1) is 5.92 Å². The van der Waals surface area contributed by atoms with Crippen molar-refractivity contribution < 1.29 is 32.2 Å². The number of fused-ring (bicyclic) bond motifs is 1. The van der Waals surface area contributed by atoms with E-state index in [1.807, 2.05) is 6.92 Å². The van der Waals surface area contributed by atoms with Crippen molar-refractivity contribution in [2.45, 2.75) is 51.9 Å². The second-order valence-corrected chi connectivity index (χ2v) is 8.64. The van der Waals surface area contributed by atoms with Crippen LogP contribution in [0.1, 0.15) is 44.0 Å². The van der Waals surface area contributed by atoms with E-state index in [-0.39, 0.29) is 47.6 Å². The summed E-state index contributed by atoms with van der Waals surface area (Å²) >= 11 is 0. The minimum atomic E-state index is -4.61. The van der Waals surface area contributed by atoms with E-state index in [0.717, 1.165) is 19.5 Å². The standard InChI is InChI=1S/C23H34F3N3O4/c1-6-9-29-12-15(2)20(32-5)13-28(4)22(31)18-8-7-17(10-19(18)33-14-16(29)3)27-21(30)11-23(24,25)26/h7-8,10,15-16,20H,6,9,11-14H2,1-5H3,(H,27,30)/t15-,16-,20+/m0/s1. The number of carbonyl (C=O) groups is 2. The lowest BCUT2D eigenvalue weighted by molar-refractivity contribution is -0.150. The zero-order chi connectivity index (χ0) is 24.8. The first-order chi connectivity index (χ1) is 15.4. The lowest BCUT2D eigenvalue weighted by Crippen LogP contribution is -2.46. The van der Waals surface area contributed by atoms with Crippen molar-refractivity contribution >= 4 is 17.5 Å². The second kappa shape index (κ2) is 11.7. The number of benzene rings is 1. The quantitative estimate of drug-likeness (QED) is 0.705. The SMILES string of the molecule is CCCN1C[C@H](C)[C@H](OC)CN(C)C(=O)c2ccc(NC(=O)CC(F)(F)F)cc2OC[C@@H]1C. The number of ether oxygens (including phenoxy) is 2.